The molecule has 4 nitrogen and oxygen atoms in total. The van der Waals surface area contributed by atoms with Gasteiger partial charge < -0.3 is 14.2 Å². The summed E-state index contributed by atoms with van der Waals surface area (Å²) in [7, 11) is 0. The number of likely N-dealkylation sites (tertiary alicyclic amines) is 1. The smallest absolute Gasteiger partial charge is 0.147 e. The molecule has 1 heterocycles. The average molecular weight is 273 g/mol. The maximum Gasteiger partial charge on any atom is 0.147 e. The molecule has 2 unspecified atom stereocenters. The van der Waals surface area contributed by atoms with Crippen LogP contribution in [0.1, 0.15) is 47.5 Å². The molecule has 19 heavy (non-hydrogen) atoms. The maximum atomic E-state index is 6.14. The summed E-state index contributed by atoms with van der Waals surface area (Å²) in [5, 5.41) is 0. The third kappa shape index (κ3) is 5.38. The summed E-state index contributed by atoms with van der Waals surface area (Å²) in [4.78, 5) is 2.52. The number of ether oxygens (including phenoxy) is 3. The summed E-state index contributed by atoms with van der Waals surface area (Å²) in [5.41, 5.74) is 0. The van der Waals surface area contributed by atoms with Crippen LogP contribution in [-0.4, -0.2) is 55.7 Å². The van der Waals surface area contributed by atoms with Crippen molar-refractivity contribution in [2.24, 2.45) is 0 Å². The van der Waals surface area contributed by atoms with Gasteiger partial charge in [0, 0.05) is 12.6 Å². The molecule has 0 spiro atoms. The molecule has 1 rings (SSSR count). The summed E-state index contributed by atoms with van der Waals surface area (Å²) in [6.45, 7) is 13.9. The van der Waals surface area contributed by atoms with Crippen molar-refractivity contribution in [1.29, 1.82) is 0 Å². The Labute approximate surface area is 118 Å². The Morgan fingerprint density at radius 1 is 1.16 bits per heavy atom. The van der Waals surface area contributed by atoms with E-state index in [9.17, 15) is 0 Å². The van der Waals surface area contributed by atoms with Crippen LogP contribution in [0.3, 0.4) is 0 Å². The summed E-state index contributed by atoms with van der Waals surface area (Å²) in [5.74, 6) is 0. The van der Waals surface area contributed by atoms with Gasteiger partial charge in [0.1, 0.15) is 6.79 Å². The monoisotopic (exact) mass is 273 g/mol. The largest absolute Gasteiger partial charge is 0.371 e. The van der Waals surface area contributed by atoms with E-state index in [0.29, 0.717) is 19.4 Å². The molecular weight excluding hydrogens is 242 g/mol. The average Bonchev–Trinajstić information content (AvgIpc) is 2.87. The van der Waals surface area contributed by atoms with Crippen molar-refractivity contribution < 1.29 is 14.2 Å². The van der Waals surface area contributed by atoms with Gasteiger partial charge in [0.05, 0.1) is 18.3 Å². The van der Waals surface area contributed by atoms with Gasteiger partial charge in [0.25, 0.3) is 0 Å². The molecule has 0 aromatic rings. The minimum atomic E-state index is 0.0606. The Morgan fingerprint density at radius 3 is 2.53 bits per heavy atom. The highest BCUT2D eigenvalue weighted by atomic mass is 16.7. The van der Waals surface area contributed by atoms with Gasteiger partial charge in [-0.05, 0) is 53.6 Å². The molecule has 0 radical (unpaired) electrons. The standard InChI is InChI=1S/C15H31NO3/c1-6-16-10-8-9-15(16)14(5)19-13(4)12(3)18-11-17-7-2/h12-15H,6-11H2,1-5H3/t12?,13-,14?,15+/m1/s1. The predicted octanol–water partition coefficient (Wildman–Crippen LogP) is 2.66. The van der Waals surface area contributed by atoms with E-state index < -0.39 is 0 Å². The van der Waals surface area contributed by atoms with Gasteiger partial charge in [-0.1, -0.05) is 6.92 Å². The molecule has 0 aliphatic carbocycles. The quantitative estimate of drug-likeness (QED) is 0.477. The van der Waals surface area contributed by atoms with Crippen molar-refractivity contribution in [1.82, 2.24) is 4.90 Å². The second-order valence-corrected chi connectivity index (χ2v) is 5.37. The van der Waals surface area contributed by atoms with Crippen molar-refractivity contribution in [2.75, 3.05) is 26.5 Å². The van der Waals surface area contributed by atoms with Crippen LogP contribution < -0.4 is 0 Å². The van der Waals surface area contributed by atoms with Crippen LogP contribution in [-0.2, 0) is 14.2 Å². The molecule has 1 aliphatic heterocycles. The van der Waals surface area contributed by atoms with Gasteiger partial charge in [0.2, 0.25) is 0 Å². The summed E-state index contributed by atoms with van der Waals surface area (Å²) < 4.78 is 16.9. The van der Waals surface area contributed by atoms with Crippen molar-refractivity contribution >= 4 is 0 Å². The Kier molecular flexibility index (Phi) is 7.91. The van der Waals surface area contributed by atoms with Gasteiger partial charge in [-0.2, -0.15) is 0 Å². The molecule has 0 N–H and O–H groups in total. The zero-order valence-electron chi connectivity index (χ0n) is 13.2. The van der Waals surface area contributed by atoms with E-state index in [1.165, 1.54) is 19.4 Å². The molecule has 4 heteroatoms. The molecule has 114 valence electrons. The number of hydrogen-bond donors (Lipinski definition) is 0. The van der Waals surface area contributed by atoms with Gasteiger partial charge >= 0.3 is 0 Å². The normalized spacial score (nSPS) is 25.4. The minimum absolute atomic E-state index is 0.0606. The van der Waals surface area contributed by atoms with Gasteiger partial charge in [-0.25, -0.2) is 0 Å². The van der Waals surface area contributed by atoms with Crippen LogP contribution in [0.25, 0.3) is 0 Å². The second-order valence-electron chi connectivity index (χ2n) is 5.37. The first-order valence-electron chi connectivity index (χ1n) is 7.68. The van der Waals surface area contributed by atoms with Crippen molar-refractivity contribution in [3.63, 3.8) is 0 Å². The topological polar surface area (TPSA) is 30.9 Å². The van der Waals surface area contributed by atoms with Crippen LogP contribution in [0.2, 0.25) is 0 Å². The highest BCUT2D eigenvalue weighted by molar-refractivity contribution is 4.83. The van der Waals surface area contributed by atoms with E-state index in [1.807, 2.05) is 13.8 Å². The Morgan fingerprint density at radius 2 is 1.89 bits per heavy atom. The molecule has 0 aromatic heterocycles. The molecule has 1 saturated heterocycles. The molecule has 0 saturated carbocycles. The minimum Gasteiger partial charge on any atom is -0.371 e. The van der Waals surface area contributed by atoms with E-state index in [4.69, 9.17) is 14.2 Å². The zero-order chi connectivity index (χ0) is 14.3. The SMILES string of the molecule is CCOCOC(C)[C@@H](C)OC(C)[C@@H]1CCCN1CC. The van der Waals surface area contributed by atoms with Gasteiger partial charge in [0.15, 0.2) is 0 Å². The first-order chi connectivity index (χ1) is 9.10. The van der Waals surface area contributed by atoms with Gasteiger partial charge in [-0.3, -0.25) is 4.90 Å². The van der Waals surface area contributed by atoms with Crippen molar-refractivity contribution in [2.45, 2.75) is 71.8 Å². The number of nitrogens with zero attached hydrogens (tertiary/aromatic N) is 1. The molecule has 4 atom stereocenters. The van der Waals surface area contributed by atoms with Crippen LogP contribution in [0.5, 0.6) is 0 Å². The van der Waals surface area contributed by atoms with Crippen molar-refractivity contribution in [3.8, 4) is 0 Å². The lowest BCUT2D eigenvalue weighted by Gasteiger charge is -2.32. The lowest BCUT2D eigenvalue weighted by molar-refractivity contribution is -0.143. The van der Waals surface area contributed by atoms with Crippen LogP contribution in [0.4, 0.5) is 0 Å². The summed E-state index contributed by atoms with van der Waals surface area (Å²) >= 11 is 0. The summed E-state index contributed by atoms with van der Waals surface area (Å²) in [6, 6.07) is 0.562. The third-order valence-electron chi connectivity index (χ3n) is 4.07. The summed E-state index contributed by atoms with van der Waals surface area (Å²) in [6.07, 6.45) is 2.95. The first kappa shape index (κ1) is 16.9. The Bertz CT molecular complexity index is 237. The molecule has 0 aromatic carbocycles. The van der Waals surface area contributed by atoms with Crippen LogP contribution in [0, 0.1) is 0 Å². The molecule has 1 aliphatic rings. The molecule has 1 fully saturated rings. The van der Waals surface area contributed by atoms with Crippen molar-refractivity contribution in [3.05, 3.63) is 0 Å². The first-order valence-corrected chi connectivity index (χ1v) is 7.68. The zero-order valence-corrected chi connectivity index (χ0v) is 13.2. The predicted molar refractivity (Wildman–Crippen MR) is 77.3 cm³/mol. The molecular formula is C15H31NO3. The van der Waals surface area contributed by atoms with E-state index in [1.54, 1.807) is 0 Å². The van der Waals surface area contributed by atoms with Crippen LogP contribution in [0.15, 0.2) is 0 Å². The second kappa shape index (κ2) is 8.90. The lowest BCUT2D eigenvalue weighted by Crippen LogP contribution is -2.42. The Balaban J connectivity index is 2.31. The lowest BCUT2D eigenvalue weighted by atomic mass is 10.1. The number of rotatable bonds is 9. The third-order valence-corrected chi connectivity index (χ3v) is 4.07. The maximum absolute atomic E-state index is 6.14. The highest BCUT2D eigenvalue weighted by Crippen LogP contribution is 2.22. The van der Waals surface area contributed by atoms with E-state index in [2.05, 4.69) is 25.7 Å². The number of likely N-dealkylation sites (N-methyl/N-ethyl adjacent to an activating group) is 1. The molecule has 0 bridgehead atoms. The van der Waals surface area contributed by atoms with E-state index in [0.717, 1.165) is 6.54 Å². The molecule has 0 amide bonds. The Hall–Kier alpha value is -0.160. The number of hydrogen-bond acceptors (Lipinski definition) is 4. The van der Waals surface area contributed by atoms with E-state index >= 15 is 0 Å². The fourth-order valence-corrected chi connectivity index (χ4v) is 2.69. The van der Waals surface area contributed by atoms with E-state index in [-0.39, 0.29) is 18.3 Å². The van der Waals surface area contributed by atoms with Gasteiger partial charge in [-0.15, -0.1) is 0 Å². The fraction of sp³-hybridized carbons (Fsp3) is 1.00. The van der Waals surface area contributed by atoms with Crippen LogP contribution >= 0.6 is 0 Å². The highest BCUT2D eigenvalue weighted by Gasteiger charge is 2.30. The fourth-order valence-electron chi connectivity index (χ4n) is 2.69.